The van der Waals surface area contributed by atoms with Gasteiger partial charge in [0, 0.05) is 30.4 Å². The number of rotatable bonds is 4. The van der Waals surface area contributed by atoms with Crippen LogP contribution in [0.25, 0.3) is 6.08 Å². The number of benzene rings is 2. The van der Waals surface area contributed by atoms with Gasteiger partial charge in [-0.25, -0.2) is 0 Å². The van der Waals surface area contributed by atoms with Crippen molar-refractivity contribution >= 4 is 29.1 Å². The third-order valence-corrected chi connectivity index (χ3v) is 3.41. The zero-order chi connectivity index (χ0) is 16.1. The molecule has 22 heavy (non-hydrogen) atoms. The number of ketones is 1. The first kappa shape index (κ1) is 15.8. The minimum Gasteiger partial charge on any atom is -0.378 e. The normalized spacial score (nSPS) is 10.9. The fourth-order valence-electron chi connectivity index (χ4n) is 1.97. The lowest BCUT2D eigenvalue weighted by atomic mass is 10.0. The zero-order valence-corrected chi connectivity index (χ0v) is 13.1. The van der Waals surface area contributed by atoms with E-state index in [1.54, 1.807) is 30.3 Å². The largest absolute Gasteiger partial charge is 0.378 e. The summed E-state index contributed by atoms with van der Waals surface area (Å²) in [6.45, 7) is 0. The van der Waals surface area contributed by atoms with Crippen LogP contribution < -0.4 is 4.90 Å². The van der Waals surface area contributed by atoms with E-state index >= 15 is 0 Å². The van der Waals surface area contributed by atoms with Gasteiger partial charge in [0.15, 0.2) is 0 Å². The molecule has 0 fully saturated rings. The van der Waals surface area contributed by atoms with Crippen molar-refractivity contribution in [1.29, 1.82) is 5.26 Å². The molecule has 0 aliphatic carbocycles. The van der Waals surface area contributed by atoms with Crippen molar-refractivity contribution in [3.05, 3.63) is 70.3 Å². The van der Waals surface area contributed by atoms with Gasteiger partial charge in [-0.15, -0.1) is 0 Å². The van der Waals surface area contributed by atoms with E-state index in [2.05, 4.69) is 0 Å². The van der Waals surface area contributed by atoms with Gasteiger partial charge in [-0.1, -0.05) is 35.9 Å². The van der Waals surface area contributed by atoms with Crippen LogP contribution in [0.4, 0.5) is 5.69 Å². The van der Waals surface area contributed by atoms with E-state index in [1.165, 1.54) is 0 Å². The van der Waals surface area contributed by atoms with Gasteiger partial charge in [0.25, 0.3) is 0 Å². The Bertz CT molecular complexity index is 755. The Hall–Kier alpha value is -2.57. The van der Waals surface area contributed by atoms with Crippen molar-refractivity contribution in [2.24, 2.45) is 0 Å². The first-order chi connectivity index (χ1) is 10.5. The number of carbonyl (C=O) groups excluding carboxylic acids is 1. The molecule has 0 amide bonds. The fraction of sp³-hybridized carbons (Fsp3) is 0.111. The third kappa shape index (κ3) is 3.75. The number of hydrogen-bond donors (Lipinski definition) is 0. The molecule has 0 heterocycles. The number of Topliss-reactive ketones (excluding diaryl/α,β-unsaturated/α-hetero) is 1. The Morgan fingerprint density at radius 3 is 2.41 bits per heavy atom. The third-order valence-electron chi connectivity index (χ3n) is 3.17. The maximum Gasteiger partial charge on any atom is 0.203 e. The van der Waals surface area contributed by atoms with Gasteiger partial charge in [0.1, 0.15) is 11.6 Å². The van der Waals surface area contributed by atoms with Crippen LogP contribution in [0, 0.1) is 11.3 Å². The van der Waals surface area contributed by atoms with Crippen molar-refractivity contribution in [1.82, 2.24) is 0 Å². The molecule has 0 aromatic heterocycles. The molecule has 0 aliphatic heterocycles. The van der Waals surface area contributed by atoms with Gasteiger partial charge in [0.05, 0.1) is 0 Å². The van der Waals surface area contributed by atoms with E-state index in [-0.39, 0.29) is 11.4 Å². The van der Waals surface area contributed by atoms with Gasteiger partial charge >= 0.3 is 0 Å². The molecule has 3 nitrogen and oxygen atoms in total. The summed E-state index contributed by atoms with van der Waals surface area (Å²) in [6, 6.07) is 16.2. The molecule has 2 aromatic rings. The summed E-state index contributed by atoms with van der Waals surface area (Å²) in [6.07, 6.45) is 1.59. The number of nitriles is 1. The summed E-state index contributed by atoms with van der Waals surface area (Å²) in [5.41, 5.74) is 2.35. The minimum absolute atomic E-state index is 0.0832. The van der Waals surface area contributed by atoms with Crippen LogP contribution in [0.5, 0.6) is 0 Å². The zero-order valence-electron chi connectivity index (χ0n) is 12.4. The van der Waals surface area contributed by atoms with Crippen molar-refractivity contribution in [2.75, 3.05) is 19.0 Å². The SMILES string of the molecule is CN(C)c1ccc(/C=C(\C#N)C(=O)c2cccc(Cl)c2)cc1. The minimum atomic E-state index is -0.332. The summed E-state index contributed by atoms with van der Waals surface area (Å²) < 4.78 is 0. The predicted molar refractivity (Wildman–Crippen MR) is 90.1 cm³/mol. The molecule has 110 valence electrons. The lowest BCUT2D eigenvalue weighted by molar-refractivity contribution is 0.104. The average Bonchev–Trinajstić information content (AvgIpc) is 2.52. The van der Waals surface area contributed by atoms with Gasteiger partial charge in [0.2, 0.25) is 5.78 Å². The van der Waals surface area contributed by atoms with Crippen molar-refractivity contribution in [3.63, 3.8) is 0 Å². The van der Waals surface area contributed by atoms with Gasteiger partial charge < -0.3 is 4.90 Å². The van der Waals surface area contributed by atoms with E-state index in [4.69, 9.17) is 11.6 Å². The maximum atomic E-state index is 12.3. The second kappa shape index (κ2) is 6.93. The molecule has 0 radical (unpaired) electrons. The molecular formula is C18H15ClN2O. The first-order valence-corrected chi connectivity index (χ1v) is 7.08. The highest BCUT2D eigenvalue weighted by Crippen LogP contribution is 2.18. The van der Waals surface area contributed by atoms with Crippen LogP contribution >= 0.6 is 11.6 Å². The first-order valence-electron chi connectivity index (χ1n) is 6.70. The lowest BCUT2D eigenvalue weighted by Gasteiger charge is -2.11. The Kier molecular flexibility index (Phi) is 4.98. The Balaban J connectivity index is 2.31. The van der Waals surface area contributed by atoms with Crippen LogP contribution in [0.3, 0.4) is 0 Å². The van der Waals surface area contributed by atoms with Crippen LogP contribution in [0.2, 0.25) is 5.02 Å². The van der Waals surface area contributed by atoms with Crippen LogP contribution in [-0.4, -0.2) is 19.9 Å². The fourth-order valence-corrected chi connectivity index (χ4v) is 2.16. The monoisotopic (exact) mass is 310 g/mol. The van der Waals surface area contributed by atoms with E-state index < -0.39 is 0 Å². The molecular weight excluding hydrogens is 296 g/mol. The second-order valence-corrected chi connectivity index (χ2v) is 5.43. The summed E-state index contributed by atoms with van der Waals surface area (Å²) in [5, 5.41) is 9.72. The van der Waals surface area contributed by atoms with Crippen molar-refractivity contribution < 1.29 is 4.79 Å². The molecule has 0 saturated heterocycles. The molecule has 2 rings (SSSR count). The standard InChI is InChI=1S/C18H15ClN2O/c1-21(2)17-8-6-13(7-9-17)10-15(12-20)18(22)14-4-3-5-16(19)11-14/h3-11H,1-2H3/b15-10+. The average molecular weight is 311 g/mol. The quantitative estimate of drug-likeness (QED) is 0.483. The number of hydrogen-bond acceptors (Lipinski definition) is 3. The van der Waals surface area contributed by atoms with E-state index in [1.807, 2.05) is 49.3 Å². The maximum absolute atomic E-state index is 12.3. The molecule has 0 unspecified atom stereocenters. The molecule has 0 aliphatic rings. The number of nitrogens with zero attached hydrogens (tertiary/aromatic N) is 2. The highest BCUT2D eigenvalue weighted by atomic mass is 35.5. The summed E-state index contributed by atoms with van der Waals surface area (Å²) in [4.78, 5) is 14.3. The number of carbonyl (C=O) groups is 1. The lowest BCUT2D eigenvalue weighted by Crippen LogP contribution is -2.08. The summed E-state index contributed by atoms with van der Waals surface area (Å²) >= 11 is 5.88. The predicted octanol–water partition coefficient (Wildman–Crippen LogP) is 4.20. The molecule has 0 saturated carbocycles. The van der Waals surface area contributed by atoms with E-state index in [0.717, 1.165) is 11.3 Å². The van der Waals surface area contributed by atoms with Crippen molar-refractivity contribution in [3.8, 4) is 6.07 Å². The molecule has 0 spiro atoms. The van der Waals surface area contributed by atoms with Crippen LogP contribution in [-0.2, 0) is 0 Å². The highest BCUT2D eigenvalue weighted by Gasteiger charge is 2.12. The van der Waals surface area contributed by atoms with Gasteiger partial charge in [-0.05, 0) is 35.9 Å². The Labute approximate surface area is 135 Å². The second-order valence-electron chi connectivity index (χ2n) is 5.00. The van der Waals surface area contributed by atoms with Crippen LogP contribution in [0.1, 0.15) is 15.9 Å². The topological polar surface area (TPSA) is 44.1 Å². The Morgan fingerprint density at radius 2 is 1.86 bits per heavy atom. The van der Waals surface area contributed by atoms with Gasteiger partial charge in [-0.2, -0.15) is 5.26 Å². The molecule has 0 N–H and O–H groups in total. The number of halogens is 1. The van der Waals surface area contributed by atoms with Crippen LogP contribution in [0.15, 0.2) is 54.1 Å². The number of anilines is 1. The Morgan fingerprint density at radius 1 is 1.18 bits per heavy atom. The molecule has 0 bridgehead atoms. The van der Waals surface area contributed by atoms with E-state index in [0.29, 0.717) is 10.6 Å². The smallest absolute Gasteiger partial charge is 0.203 e. The molecule has 0 atom stereocenters. The molecule has 4 heteroatoms. The summed E-state index contributed by atoms with van der Waals surface area (Å²) in [5.74, 6) is -0.332. The van der Waals surface area contributed by atoms with Crippen molar-refractivity contribution in [2.45, 2.75) is 0 Å². The van der Waals surface area contributed by atoms with Gasteiger partial charge in [-0.3, -0.25) is 4.79 Å². The highest BCUT2D eigenvalue weighted by molar-refractivity contribution is 6.31. The molecule has 2 aromatic carbocycles. The summed E-state index contributed by atoms with van der Waals surface area (Å²) in [7, 11) is 3.91. The number of allylic oxidation sites excluding steroid dienone is 1. The van der Waals surface area contributed by atoms with E-state index in [9.17, 15) is 10.1 Å².